The molecule has 3 aromatic rings. The molecule has 0 unspecified atom stereocenters. The molecule has 36 heavy (non-hydrogen) atoms. The van der Waals surface area contributed by atoms with Gasteiger partial charge in [-0.15, -0.1) is 0 Å². The van der Waals surface area contributed by atoms with E-state index in [9.17, 15) is 0 Å². The summed E-state index contributed by atoms with van der Waals surface area (Å²) in [4.78, 5) is 19.8. The molecule has 198 valence electrons. The van der Waals surface area contributed by atoms with E-state index in [4.69, 9.17) is 0 Å². The van der Waals surface area contributed by atoms with E-state index in [0.717, 1.165) is 44.4 Å². The van der Waals surface area contributed by atoms with Gasteiger partial charge in [0.1, 0.15) is 11.6 Å². The molecule has 0 spiro atoms. The fourth-order valence-corrected chi connectivity index (χ4v) is 4.77. The van der Waals surface area contributed by atoms with E-state index in [1.807, 2.05) is 31.8 Å². The predicted molar refractivity (Wildman–Crippen MR) is 148 cm³/mol. The van der Waals surface area contributed by atoms with Crippen LogP contribution in [0.1, 0.15) is 69.2 Å². The molecule has 0 bridgehead atoms. The van der Waals surface area contributed by atoms with Crippen LogP contribution in [0.5, 0.6) is 0 Å². The highest BCUT2D eigenvalue weighted by Crippen LogP contribution is 2.14. The first-order chi connectivity index (χ1) is 17.6. The monoisotopic (exact) mass is 493 g/mol. The molecule has 0 aliphatic heterocycles. The molecule has 1 aromatic carbocycles. The number of imidazole rings is 2. The topological polar surface area (TPSA) is 56.2 Å². The van der Waals surface area contributed by atoms with E-state index in [2.05, 4.69) is 79.3 Å². The Labute approximate surface area is 218 Å². The van der Waals surface area contributed by atoms with Crippen LogP contribution in [0.4, 0.5) is 0 Å². The summed E-state index contributed by atoms with van der Waals surface area (Å²) >= 11 is 0. The number of nitrogens with zero attached hydrogens (tertiary/aromatic N) is 6. The number of H-pyrrole nitrogens is 1. The fraction of sp³-hybridized carbons (Fsp3) is 0.586. The standard InChI is InChI=1S/C29H47N7/c1-5-17-35(18-6-2)20-9-8-19-34(7-3)22-26-10-12-27(13-11-26)23-36(24-28-30-14-15-31-28)25-29-32-16-21-33(29)4/h10-16,21H,5-9,17-20,22-25H2,1-4H3,(H,30,31). The van der Waals surface area contributed by atoms with Gasteiger partial charge in [-0.2, -0.15) is 0 Å². The van der Waals surface area contributed by atoms with Crippen LogP contribution < -0.4 is 0 Å². The number of aromatic nitrogens is 4. The van der Waals surface area contributed by atoms with Crippen molar-refractivity contribution in [3.63, 3.8) is 0 Å². The van der Waals surface area contributed by atoms with Crippen LogP contribution in [-0.4, -0.2) is 66.9 Å². The van der Waals surface area contributed by atoms with Gasteiger partial charge in [0.05, 0.1) is 13.1 Å². The average Bonchev–Trinajstić information content (AvgIpc) is 3.54. The van der Waals surface area contributed by atoms with E-state index in [1.165, 1.54) is 63.0 Å². The highest BCUT2D eigenvalue weighted by molar-refractivity contribution is 5.22. The summed E-state index contributed by atoms with van der Waals surface area (Å²) in [5, 5.41) is 0. The van der Waals surface area contributed by atoms with Crippen LogP contribution in [0.3, 0.4) is 0 Å². The number of nitrogens with one attached hydrogen (secondary N) is 1. The molecule has 1 N–H and O–H groups in total. The molecule has 0 saturated carbocycles. The minimum absolute atomic E-state index is 0.763. The van der Waals surface area contributed by atoms with Crippen molar-refractivity contribution < 1.29 is 0 Å². The first kappa shape index (κ1) is 28.1. The van der Waals surface area contributed by atoms with Gasteiger partial charge >= 0.3 is 0 Å². The maximum absolute atomic E-state index is 4.52. The lowest BCUT2D eigenvalue weighted by Crippen LogP contribution is -2.28. The quantitative estimate of drug-likeness (QED) is 0.251. The van der Waals surface area contributed by atoms with Crippen molar-refractivity contribution in [1.82, 2.24) is 34.2 Å². The molecule has 0 amide bonds. The Morgan fingerprint density at radius 1 is 0.722 bits per heavy atom. The molecule has 2 heterocycles. The van der Waals surface area contributed by atoms with E-state index in [-0.39, 0.29) is 0 Å². The number of hydrogen-bond donors (Lipinski definition) is 1. The fourth-order valence-electron chi connectivity index (χ4n) is 4.77. The first-order valence-electron chi connectivity index (χ1n) is 13.8. The Kier molecular flexibility index (Phi) is 12.2. The Morgan fingerprint density at radius 3 is 1.89 bits per heavy atom. The highest BCUT2D eigenvalue weighted by Gasteiger charge is 2.13. The van der Waals surface area contributed by atoms with Gasteiger partial charge in [-0.05, 0) is 69.5 Å². The Bertz CT molecular complexity index is 942. The zero-order valence-electron chi connectivity index (χ0n) is 23.0. The zero-order chi connectivity index (χ0) is 25.6. The number of benzene rings is 1. The summed E-state index contributed by atoms with van der Waals surface area (Å²) in [6, 6.07) is 9.16. The van der Waals surface area contributed by atoms with E-state index >= 15 is 0 Å². The third-order valence-corrected chi connectivity index (χ3v) is 6.78. The largest absolute Gasteiger partial charge is 0.348 e. The third kappa shape index (κ3) is 9.52. The normalized spacial score (nSPS) is 11.9. The molecule has 2 aromatic heterocycles. The molecule has 0 fully saturated rings. The van der Waals surface area contributed by atoms with Crippen molar-refractivity contribution in [2.45, 2.75) is 72.6 Å². The Hall–Kier alpha value is -2.48. The SMILES string of the molecule is CCCN(CCC)CCCCN(CC)Cc1ccc(CN(Cc2ncc[nH]2)Cc2nccn2C)cc1. The second kappa shape index (κ2) is 15.6. The second-order valence-electron chi connectivity index (χ2n) is 9.87. The molecule has 7 heteroatoms. The molecular weight excluding hydrogens is 446 g/mol. The highest BCUT2D eigenvalue weighted by atomic mass is 15.2. The third-order valence-electron chi connectivity index (χ3n) is 6.78. The number of aromatic amines is 1. The van der Waals surface area contributed by atoms with Gasteiger partial charge in [0.25, 0.3) is 0 Å². The summed E-state index contributed by atoms with van der Waals surface area (Å²) in [5.41, 5.74) is 2.70. The summed E-state index contributed by atoms with van der Waals surface area (Å²) in [6.07, 6.45) is 12.6. The van der Waals surface area contributed by atoms with Gasteiger partial charge in [-0.1, -0.05) is 45.0 Å². The molecule has 0 aliphatic rings. The van der Waals surface area contributed by atoms with Crippen molar-refractivity contribution in [1.29, 1.82) is 0 Å². The van der Waals surface area contributed by atoms with Gasteiger partial charge < -0.3 is 14.5 Å². The molecule has 3 rings (SSSR count). The van der Waals surface area contributed by atoms with Crippen LogP contribution in [0.25, 0.3) is 0 Å². The van der Waals surface area contributed by atoms with Gasteiger partial charge in [-0.3, -0.25) is 9.80 Å². The van der Waals surface area contributed by atoms with Crippen LogP contribution in [-0.2, 0) is 33.2 Å². The van der Waals surface area contributed by atoms with Crippen molar-refractivity contribution in [3.8, 4) is 0 Å². The molecule has 7 nitrogen and oxygen atoms in total. The van der Waals surface area contributed by atoms with Gasteiger partial charge in [0.2, 0.25) is 0 Å². The van der Waals surface area contributed by atoms with Crippen LogP contribution in [0.2, 0.25) is 0 Å². The lowest BCUT2D eigenvalue weighted by atomic mass is 10.1. The Morgan fingerprint density at radius 2 is 1.36 bits per heavy atom. The number of rotatable bonds is 18. The molecule has 0 aliphatic carbocycles. The summed E-state index contributed by atoms with van der Waals surface area (Å²) in [7, 11) is 2.05. The summed E-state index contributed by atoms with van der Waals surface area (Å²) in [5.74, 6) is 2.04. The smallest absolute Gasteiger partial charge is 0.122 e. The van der Waals surface area contributed by atoms with E-state index in [1.54, 1.807) is 0 Å². The lowest BCUT2D eigenvalue weighted by Gasteiger charge is -2.24. The van der Waals surface area contributed by atoms with Crippen molar-refractivity contribution in [2.75, 3.05) is 32.7 Å². The lowest BCUT2D eigenvalue weighted by molar-refractivity contribution is 0.233. The van der Waals surface area contributed by atoms with E-state index < -0.39 is 0 Å². The average molecular weight is 494 g/mol. The van der Waals surface area contributed by atoms with Crippen LogP contribution >= 0.6 is 0 Å². The van der Waals surface area contributed by atoms with E-state index in [0.29, 0.717) is 0 Å². The summed E-state index contributed by atoms with van der Waals surface area (Å²) < 4.78 is 2.09. The maximum Gasteiger partial charge on any atom is 0.122 e. The van der Waals surface area contributed by atoms with Gasteiger partial charge in [-0.25, -0.2) is 9.97 Å². The minimum Gasteiger partial charge on any atom is -0.348 e. The second-order valence-corrected chi connectivity index (χ2v) is 9.87. The molecule has 0 radical (unpaired) electrons. The molecular formula is C29H47N7. The molecule has 0 saturated heterocycles. The predicted octanol–water partition coefficient (Wildman–Crippen LogP) is 5.07. The molecule has 0 atom stereocenters. The maximum atomic E-state index is 4.52. The zero-order valence-corrected chi connectivity index (χ0v) is 23.0. The number of aryl methyl sites for hydroxylation is 1. The van der Waals surface area contributed by atoms with Crippen molar-refractivity contribution in [2.24, 2.45) is 7.05 Å². The number of unbranched alkanes of at least 4 members (excludes halogenated alkanes) is 1. The Balaban J connectivity index is 1.50. The van der Waals surface area contributed by atoms with Crippen LogP contribution in [0.15, 0.2) is 49.1 Å². The van der Waals surface area contributed by atoms with Gasteiger partial charge in [0, 0.05) is 44.9 Å². The van der Waals surface area contributed by atoms with Gasteiger partial charge in [0.15, 0.2) is 0 Å². The van der Waals surface area contributed by atoms with Crippen molar-refractivity contribution in [3.05, 3.63) is 71.8 Å². The minimum atomic E-state index is 0.763. The summed E-state index contributed by atoms with van der Waals surface area (Å²) in [6.45, 7) is 16.2. The van der Waals surface area contributed by atoms with Crippen LogP contribution in [0, 0.1) is 0 Å². The first-order valence-corrected chi connectivity index (χ1v) is 13.8. The number of hydrogen-bond acceptors (Lipinski definition) is 5. The van der Waals surface area contributed by atoms with Crippen molar-refractivity contribution >= 4 is 0 Å².